The van der Waals surface area contributed by atoms with Gasteiger partial charge in [-0.05, 0) is 6.42 Å². The summed E-state index contributed by atoms with van der Waals surface area (Å²) in [6, 6.07) is 0. The second-order valence-corrected chi connectivity index (χ2v) is 3.89. The molecule has 0 aromatic rings. The van der Waals surface area contributed by atoms with Gasteiger partial charge in [-0.3, -0.25) is 0 Å². The fraction of sp³-hybridized carbons (Fsp3) is 1.00. The van der Waals surface area contributed by atoms with Crippen LogP contribution in [0, 0.1) is 0 Å². The molecule has 0 radical (unpaired) electrons. The van der Waals surface area contributed by atoms with Crippen LogP contribution in [0.5, 0.6) is 0 Å². The van der Waals surface area contributed by atoms with Gasteiger partial charge in [-0.2, -0.15) is 0 Å². The zero-order valence-electron chi connectivity index (χ0n) is 4.64. The Kier molecular flexibility index (Phi) is 10.8. The number of rotatable bonds is 2. The van der Waals surface area contributed by atoms with Crippen LogP contribution in [0.4, 0.5) is 0 Å². The van der Waals surface area contributed by atoms with Crippen LogP contribution in [0.1, 0.15) is 28.2 Å². The van der Waals surface area contributed by atoms with Crippen LogP contribution in [0.25, 0.3) is 0 Å². The van der Waals surface area contributed by atoms with Gasteiger partial charge in [0.2, 0.25) is 0 Å². The highest BCUT2D eigenvalue weighted by Gasteiger charge is 1.95. The van der Waals surface area contributed by atoms with E-state index in [-0.39, 0.29) is 14.9 Å². The van der Waals surface area contributed by atoms with Crippen LogP contribution in [-0.2, 0) is 9.84 Å². The summed E-state index contributed by atoms with van der Waals surface area (Å²) in [5.41, 5.74) is 0. The van der Waals surface area contributed by atoms with Gasteiger partial charge in [0.15, 0.2) is 0 Å². The van der Waals surface area contributed by atoms with E-state index in [1.54, 1.807) is 0 Å². The Morgan fingerprint density at radius 1 is 1.22 bits per heavy atom. The summed E-state index contributed by atoms with van der Waals surface area (Å²) in [6.07, 6.45) is 1.97. The third-order valence-corrected chi connectivity index (χ3v) is 1.72. The van der Waals surface area contributed by atoms with Gasteiger partial charge in [-0.15, -0.1) is 0 Å². The smallest absolute Gasteiger partial charge is 0.147 e. The van der Waals surface area contributed by atoms with E-state index < -0.39 is 9.84 Å². The van der Waals surface area contributed by atoms with Gasteiger partial charge in [0, 0.05) is 12.0 Å². The van der Waals surface area contributed by atoms with Gasteiger partial charge in [0.25, 0.3) is 0 Å². The van der Waals surface area contributed by atoms with E-state index >= 15 is 0 Å². The molecule has 0 atom stereocenters. The van der Waals surface area contributed by atoms with E-state index in [0.29, 0.717) is 5.75 Å². The Morgan fingerprint density at radius 2 is 1.56 bits per heavy atom. The van der Waals surface area contributed by atoms with E-state index in [0.717, 1.165) is 6.42 Å². The van der Waals surface area contributed by atoms with Gasteiger partial charge in [-0.25, -0.2) is 8.42 Å². The highest BCUT2D eigenvalue weighted by molar-refractivity contribution is 7.90. The molecule has 0 spiro atoms. The Labute approximate surface area is 59.2 Å². The van der Waals surface area contributed by atoms with E-state index in [1.807, 2.05) is 6.92 Å². The lowest BCUT2D eigenvalue weighted by Crippen LogP contribution is -2.00. The predicted molar refractivity (Wildman–Crippen MR) is 43.5 cm³/mol. The van der Waals surface area contributed by atoms with Crippen molar-refractivity contribution < 1.29 is 8.42 Å². The van der Waals surface area contributed by atoms with Crippen molar-refractivity contribution in [2.45, 2.75) is 28.2 Å². The first-order valence-electron chi connectivity index (χ1n) is 2.24. The minimum absolute atomic E-state index is 0. The van der Waals surface area contributed by atoms with Gasteiger partial charge in [0.1, 0.15) is 9.84 Å². The van der Waals surface area contributed by atoms with Crippen molar-refractivity contribution in [1.82, 2.24) is 0 Å². The van der Waals surface area contributed by atoms with Crippen LogP contribution < -0.4 is 0 Å². The van der Waals surface area contributed by atoms with E-state index in [9.17, 15) is 8.42 Å². The highest BCUT2D eigenvalue weighted by Crippen LogP contribution is 1.84. The van der Waals surface area contributed by atoms with Crippen LogP contribution in [0.3, 0.4) is 0 Å². The first-order chi connectivity index (χ1) is 3.06. The summed E-state index contributed by atoms with van der Waals surface area (Å²) in [5.74, 6) is 0.312. The molecular weight excluding hydrogens is 136 g/mol. The minimum atomic E-state index is -2.67. The van der Waals surface area contributed by atoms with Crippen LogP contribution >= 0.6 is 0 Å². The van der Waals surface area contributed by atoms with Crippen molar-refractivity contribution in [3.8, 4) is 0 Å². The maximum atomic E-state index is 10.2. The van der Waals surface area contributed by atoms with Gasteiger partial charge < -0.3 is 0 Å². The minimum Gasteiger partial charge on any atom is -0.229 e. The molecule has 0 aromatic carbocycles. The molecule has 0 unspecified atom stereocenters. The summed E-state index contributed by atoms with van der Waals surface area (Å²) < 4.78 is 20.5. The fourth-order valence-electron chi connectivity index (χ4n) is 0.371. The molecule has 0 aromatic heterocycles. The van der Waals surface area contributed by atoms with Crippen LogP contribution in [-0.4, -0.2) is 20.4 Å². The average Bonchev–Trinajstić information content (AvgIpc) is 1.30. The Bertz CT molecular complexity index is 124. The number of hydrogen-bond acceptors (Lipinski definition) is 2. The molecule has 0 aliphatic rings. The molecule has 9 heavy (non-hydrogen) atoms. The van der Waals surface area contributed by atoms with Gasteiger partial charge >= 0.3 is 0 Å². The summed E-state index contributed by atoms with van der Waals surface area (Å²) in [7, 11) is -2.67. The standard InChI is InChI=1S/C4H10O2S.2CH4/c1-3-4-7(2,5)6;;/h3-4H2,1-2H3;2*1H4. The third kappa shape index (κ3) is 18.0. The molecule has 60 valence electrons. The summed E-state index contributed by atoms with van der Waals surface area (Å²) in [4.78, 5) is 0. The van der Waals surface area contributed by atoms with Gasteiger partial charge in [0.05, 0.1) is 0 Å². The molecule has 0 amide bonds. The molecule has 0 bridgehead atoms. The van der Waals surface area contributed by atoms with Crippen LogP contribution in [0.2, 0.25) is 0 Å². The van der Waals surface area contributed by atoms with Crippen molar-refractivity contribution in [1.29, 1.82) is 0 Å². The van der Waals surface area contributed by atoms with Gasteiger partial charge in [-0.1, -0.05) is 21.8 Å². The molecule has 0 saturated heterocycles. The zero-order valence-corrected chi connectivity index (χ0v) is 5.46. The lowest BCUT2D eigenvalue weighted by atomic mass is 10.6. The van der Waals surface area contributed by atoms with Crippen LogP contribution in [0.15, 0.2) is 0 Å². The number of sulfone groups is 1. The Balaban J connectivity index is -0.000000180. The van der Waals surface area contributed by atoms with E-state index in [1.165, 1.54) is 6.26 Å². The second-order valence-electron chi connectivity index (χ2n) is 1.63. The molecule has 0 N–H and O–H groups in total. The fourth-order valence-corrected chi connectivity index (χ4v) is 1.11. The Hall–Kier alpha value is -0.0500. The first-order valence-corrected chi connectivity index (χ1v) is 4.30. The van der Waals surface area contributed by atoms with Crippen molar-refractivity contribution in [3.05, 3.63) is 0 Å². The maximum absolute atomic E-state index is 10.2. The average molecular weight is 154 g/mol. The summed E-state index contributed by atoms with van der Waals surface area (Å²) >= 11 is 0. The monoisotopic (exact) mass is 154 g/mol. The molecule has 0 aliphatic heterocycles. The van der Waals surface area contributed by atoms with E-state index in [2.05, 4.69) is 0 Å². The largest absolute Gasteiger partial charge is 0.229 e. The second kappa shape index (κ2) is 6.08. The summed E-state index contributed by atoms with van der Waals surface area (Å²) in [6.45, 7) is 1.85. The van der Waals surface area contributed by atoms with Crippen molar-refractivity contribution in [2.75, 3.05) is 12.0 Å². The maximum Gasteiger partial charge on any atom is 0.147 e. The third-order valence-electron chi connectivity index (χ3n) is 0.575. The summed E-state index contributed by atoms with van der Waals surface area (Å²) in [5, 5.41) is 0. The molecule has 0 saturated carbocycles. The molecule has 0 heterocycles. The first kappa shape index (κ1) is 16.0. The topological polar surface area (TPSA) is 34.1 Å². The van der Waals surface area contributed by atoms with Crippen molar-refractivity contribution >= 4 is 9.84 Å². The molecule has 0 rings (SSSR count). The number of hydrogen-bond donors (Lipinski definition) is 0. The van der Waals surface area contributed by atoms with Crippen molar-refractivity contribution in [2.24, 2.45) is 0 Å². The molecule has 2 nitrogen and oxygen atoms in total. The predicted octanol–water partition coefficient (Wildman–Crippen LogP) is 1.71. The lowest BCUT2D eigenvalue weighted by molar-refractivity contribution is 0.600. The molecule has 3 heteroatoms. The molecular formula is C6H18O2S. The molecule has 0 fully saturated rings. The SMILES string of the molecule is C.C.CCCS(C)(=O)=O. The zero-order chi connectivity index (χ0) is 5.91. The molecule has 0 aliphatic carbocycles. The highest BCUT2D eigenvalue weighted by atomic mass is 32.2. The lowest BCUT2D eigenvalue weighted by Gasteiger charge is -1.87. The Morgan fingerprint density at radius 3 is 1.56 bits per heavy atom. The quantitative estimate of drug-likeness (QED) is 0.607. The normalized spacial score (nSPS) is 9.11. The van der Waals surface area contributed by atoms with Crippen molar-refractivity contribution in [3.63, 3.8) is 0 Å². The van der Waals surface area contributed by atoms with E-state index in [4.69, 9.17) is 0 Å².